The quantitative estimate of drug-likeness (QED) is 0.525. The van der Waals surface area contributed by atoms with Crippen molar-refractivity contribution in [3.05, 3.63) is 17.5 Å². The van der Waals surface area contributed by atoms with Gasteiger partial charge in [0.15, 0.2) is 0 Å². The van der Waals surface area contributed by atoms with E-state index in [1.807, 2.05) is 17.8 Å². The van der Waals surface area contributed by atoms with E-state index in [2.05, 4.69) is 17.1 Å². The van der Waals surface area contributed by atoms with Crippen LogP contribution in [0.15, 0.2) is 6.20 Å². The van der Waals surface area contributed by atoms with E-state index < -0.39 is 6.49 Å². The minimum Gasteiger partial charge on any atom is -0.280 e. The fourth-order valence-electron chi connectivity index (χ4n) is 1.23. The molecule has 0 saturated heterocycles. The van der Waals surface area contributed by atoms with Crippen molar-refractivity contribution in [2.75, 3.05) is 6.54 Å². The molecule has 1 rings (SSSR count). The summed E-state index contributed by atoms with van der Waals surface area (Å²) in [5, 5.41) is 7.31. The summed E-state index contributed by atoms with van der Waals surface area (Å²) in [6.07, 6.45) is 2.96. The van der Waals surface area contributed by atoms with E-state index in [1.165, 1.54) is 5.56 Å². The topological polar surface area (TPSA) is 81.9 Å². The van der Waals surface area contributed by atoms with Gasteiger partial charge < -0.3 is 0 Å². The molecule has 5 N–H and O–H groups in total. The lowest BCUT2D eigenvalue weighted by Crippen LogP contribution is -2.23. The Morgan fingerprint density at radius 2 is 2.20 bits per heavy atom. The molecule has 0 aliphatic heterocycles. The molecule has 0 saturated carbocycles. The van der Waals surface area contributed by atoms with Crippen LogP contribution in [0.1, 0.15) is 17.7 Å². The number of aryl methyl sites for hydroxylation is 3. The molecule has 5 nitrogen and oxygen atoms in total. The van der Waals surface area contributed by atoms with Gasteiger partial charge in [-0.25, -0.2) is 0 Å². The molecule has 15 heavy (non-hydrogen) atoms. The monoisotopic (exact) mass is 247 g/mol. The second-order valence-electron chi connectivity index (χ2n) is 3.63. The van der Waals surface area contributed by atoms with Crippen LogP contribution in [0.3, 0.4) is 0 Å². The predicted molar refractivity (Wildman–Crippen MR) is 67.0 cm³/mol. The number of rotatable bonds is 5. The van der Waals surface area contributed by atoms with Crippen LogP contribution in [0.4, 0.5) is 0 Å². The van der Waals surface area contributed by atoms with E-state index >= 15 is 0 Å². The highest BCUT2D eigenvalue weighted by Gasteiger charge is 2.02. The Hall–Kier alpha value is -0.260. The first-order valence-corrected chi connectivity index (χ1v) is 7.75. The number of hydrogen-bond acceptors (Lipinski definition) is 2. The highest BCUT2D eigenvalue weighted by atomic mass is 32.4. The van der Waals surface area contributed by atoms with Crippen LogP contribution in [0.5, 0.6) is 0 Å². The van der Waals surface area contributed by atoms with Gasteiger partial charge >= 0.3 is 0 Å². The molecule has 7 heteroatoms. The Labute approximate surface area is 95.4 Å². The lowest BCUT2D eigenvalue weighted by atomic mass is 10.3. The van der Waals surface area contributed by atoms with E-state index in [9.17, 15) is 0 Å². The van der Waals surface area contributed by atoms with Gasteiger partial charge in [0.25, 0.3) is 0 Å². The van der Waals surface area contributed by atoms with Crippen LogP contribution in [-0.4, -0.2) is 16.3 Å². The van der Waals surface area contributed by atoms with Crippen LogP contribution in [0.25, 0.3) is 0 Å². The number of nitrogens with one attached hydrogen (secondary N) is 1. The maximum Gasteiger partial charge on any atom is 0.132 e. The molecule has 1 heterocycles. The fraction of sp³-hybridized carbons (Fsp3) is 0.625. The second-order valence-corrected chi connectivity index (χ2v) is 7.18. The van der Waals surface area contributed by atoms with Crippen molar-refractivity contribution >= 4 is 18.3 Å². The third kappa shape index (κ3) is 4.86. The van der Waals surface area contributed by atoms with Gasteiger partial charge in [0.2, 0.25) is 0 Å². The summed E-state index contributed by atoms with van der Waals surface area (Å²) in [7, 11) is 0. The highest BCUT2D eigenvalue weighted by Crippen LogP contribution is 2.17. The average molecular weight is 247 g/mol. The molecule has 1 aromatic rings. The molecule has 0 radical (unpaired) electrons. The summed E-state index contributed by atoms with van der Waals surface area (Å²) >= 11 is 4.87. The molecule has 0 bridgehead atoms. The summed E-state index contributed by atoms with van der Waals surface area (Å²) in [6.45, 7) is 3.41. The molecular weight excluding hydrogens is 229 g/mol. The Balaban J connectivity index is 2.29. The van der Waals surface area contributed by atoms with Gasteiger partial charge in [0.05, 0.1) is 5.69 Å². The SMILES string of the molecule is Cc1cn(CCCNP(N)(N)=S)nc1C. The van der Waals surface area contributed by atoms with Crippen molar-refractivity contribution in [2.45, 2.75) is 26.8 Å². The molecule has 0 unspecified atom stereocenters. The van der Waals surface area contributed by atoms with Crippen molar-refractivity contribution in [1.82, 2.24) is 14.9 Å². The van der Waals surface area contributed by atoms with Gasteiger partial charge in [-0.3, -0.25) is 20.8 Å². The van der Waals surface area contributed by atoms with E-state index in [0.717, 1.165) is 25.2 Å². The normalized spacial score (nSPS) is 12.0. The van der Waals surface area contributed by atoms with Crippen molar-refractivity contribution in [2.24, 2.45) is 11.0 Å². The van der Waals surface area contributed by atoms with Crippen molar-refractivity contribution in [3.8, 4) is 0 Å². The van der Waals surface area contributed by atoms with Crippen LogP contribution in [-0.2, 0) is 18.4 Å². The Morgan fingerprint density at radius 3 is 2.67 bits per heavy atom. The van der Waals surface area contributed by atoms with E-state index in [0.29, 0.717) is 0 Å². The molecule has 0 amide bonds. The number of hydrogen-bond donors (Lipinski definition) is 3. The zero-order valence-electron chi connectivity index (χ0n) is 9.10. The van der Waals surface area contributed by atoms with Crippen LogP contribution in [0.2, 0.25) is 0 Å². The minimum atomic E-state index is -2.24. The summed E-state index contributed by atoms with van der Waals surface area (Å²) < 4.78 is 1.93. The molecular formula is C8H18N5PS. The van der Waals surface area contributed by atoms with Crippen LogP contribution >= 0.6 is 6.49 Å². The molecule has 0 aliphatic carbocycles. The molecule has 0 aliphatic rings. The molecule has 0 aromatic carbocycles. The van der Waals surface area contributed by atoms with Gasteiger partial charge in [0.1, 0.15) is 6.49 Å². The second kappa shape index (κ2) is 5.18. The zero-order chi connectivity index (χ0) is 11.5. The van der Waals surface area contributed by atoms with Gasteiger partial charge in [-0.05, 0) is 37.6 Å². The van der Waals surface area contributed by atoms with Gasteiger partial charge in [-0.15, -0.1) is 0 Å². The van der Waals surface area contributed by atoms with Gasteiger partial charge in [0, 0.05) is 19.3 Å². The Morgan fingerprint density at radius 1 is 1.53 bits per heavy atom. The van der Waals surface area contributed by atoms with Crippen LogP contribution in [0, 0.1) is 13.8 Å². The molecule has 0 atom stereocenters. The lowest BCUT2D eigenvalue weighted by Gasteiger charge is -2.11. The minimum absolute atomic E-state index is 0.738. The molecule has 1 aromatic heterocycles. The van der Waals surface area contributed by atoms with Gasteiger partial charge in [-0.1, -0.05) is 0 Å². The highest BCUT2D eigenvalue weighted by molar-refractivity contribution is 8.11. The lowest BCUT2D eigenvalue weighted by molar-refractivity contribution is 0.573. The van der Waals surface area contributed by atoms with Crippen molar-refractivity contribution < 1.29 is 0 Å². The largest absolute Gasteiger partial charge is 0.280 e. The summed E-state index contributed by atoms with van der Waals surface area (Å²) in [5.41, 5.74) is 13.3. The molecule has 0 fully saturated rings. The van der Waals surface area contributed by atoms with E-state index in [1.54, 1.807) is 0 Å². The summed E-state index contributed by atoms with van der Waals surface area (Å²) in [6, 6.07) is 0. The summed E-state index contributed by atoms with van der Waals surface area (Å²) in [4.78, 5) is 0. The van der Waals surface area contributed by atoms with Crippen molar-refractivity contribution in [3.63, 3.8) is 0 Å². The van der Waals surface area contributed by atoms with Crippen molar-refractivity contribution in [1.29, 1.82) is 0 Å². The molecule has 0 spiro atoms. The summed E-state index contributed by atoms with van der Waals surface area (Å²) in [5.74, 6) is 0. The van der Waals surface area contributed by atoms with E-state index in [4.69, 9.17) is 22.8 Å². The first-order valence-electron chi connectivity index (χ1n) is 4.81. The fourth-order valence-corrected chi connectivity index (χ4v) is 2.01. The Bertz CT molecular complexity index is 350. The zero-order valence-corrected chi connectivity index (χ0v) is 10.8. The maximum atomic E-state index is 5.51. The average Bonchev–Trinajstić information content (AvgIpc) is 2.39. The van der Waals surface area contributed by atoms with Gasteiger partial charge in [-0.2, -0.15) is 5.10 Å². The van der Waals surface area contributed by atoms with E-state index in [-0.39, 0.29) is 0 Å². The first kappa shape index (κ1) is 12.8. The van der Waals surface area contributed by atoms with Crippen LogP contribution < -0.4 is 16.1 Å². The third-order valence-electron chi connectivity index (χ3n) is 2.11. The number of nitrogens with zero attached hydrogens (tertiary/aromatic N) is 2. The number of nitrogens with two attached hydrogens (primary N) is 2. The number of aromatic nitrogens is 2. The predicted octanol–water partition coefficient (Wildman–Crippen LogP) is 0.622. The standard InChI is InChI=1S/C8H18N5PS/c1-7-6-13(12-8(7)2)5-3-4-11-14(9,10)15/h6H,3-5H2,1-2H3,(H5,9,10,11,15). The first-order chi connectivity index (χ1) is 6.88. The molecule has 86 valence electrons. The third-order valence-corrected chi connectivity index (χ3v) is 3.22. The smallest absolute Gasteiger partial charge is 0.132 e. The Kier molecular flexibility index (Phi) is 4.43. The maximum absolute atomic E-state index is 5.51.